The lowest BCUT2D eigenvalue weighted by atomic mass is 10.2. The van der Waals surface area contributed by atoms with Crippen LogP contribution in [0, 0.1) is 6.92 Å². The minimum atomic E-state index is -3.88. The molecule has 3 aromatic rings. The van der Waals surface area contributed by atoms with Gasteiger partial charge in [0.1, 0.15) is 0 Å². The molecule has 0 heterocycles. The molecule has 0 bridgehead atoms. The van der Waals surface area contributed by atoms with Gasteiger partial charge < -0.3 is 4.90 Å². The van der Waals surface area contributed by atoms with Crippen molar-refractivity contribution in [1.29, 1.82) is 0 Å². The maximum atomic E-state index is 13.1. The fourth-order valence-electron chi connectivity index (χ4n) is 3.07. The number of amides is 1. The second-order valence-corrected chi connectivity index (χ2v) is 11.5. The van der Waals surface area contributed by atoms with Crippen molar-refractivity contribution in [3.63, 3.8) is 0 Å². The van der Waals surface area contributed by atoms with E-state index in [0.29, 0.717) is 11.4 Å². The molecule has 0 aliphatic carbocycles. The molecule has 168 valence electrons. The first-order valence-corrected chi connectivity index (χ1v) is 13.0. The van der Waals surface area contributed by atoms with Gasteiger partial charge in [0, 0.05) is 31.6 Å². The third-order valence-electron chi connectivity index (χ3n) is 5.09. The molecule has 7 nitrogen and oxygen atoms in total. The molecule has 0 spiro atoms. The smallest absolute Gasteiger partial charge is 0.264 e. The zero-order chi connectivity index (χ0) is 23.7. The van der Waals surface area contributed by atoms with Gasteiger partial charge in [-0.1, -0.05) is 23.8 Å². The van der Waals surface area contributed by atoms with E-state index >= 15 is 0 Å². The molecule has 0 aliphatic rings. The molecule has 0 radical (unpaired) electrons. The van der Waals surface area contributed by atoms with E-state index in [-0.39, 0.29) is 15.4 Å². The normalized spacial score (nSPS) is 11.8. The fourth-order valence-corrected chi connectivity index (χ4v) is 4.94. The average Bonchev–Trinajstić information content (AvgIpc) is 2.77. The van der Waals surface area contributed by atoms with Gasteiger partial charge >= 0.3 is 0 Å². The number of carbonyl (C=O) groups excluding carboxylic acids is 1. The molecule has 0 N–H and O–H groups in total. The van der Waals surface area contributed by atoms with E-state index in [1.807, 2.05) is 19.1 Å². The lowest BCUT2D eigenvalue weighted by Gasteiger charge is -2.21. The van der Waals surface area contributed by atoms with E-state index in [2.05, 4.69) is 0 Å². The third kappa shape index (κ3) is 4.84. The Bertz CT molecular complexity index is 1350. The molecule has 0 unspecified atom stereocenters. The Morgan fingerprint density at radius 2 is 1.31 bits per heavy atom. The average molecular weight is 473 g/mol. The molecule has 32 heavy (non-hydrogen) atoms. The van der Waals surface area contributed by atoms with E-state index in [1.54, 1.807) is 12.1 Å². The van der Waals surface area contributed by atoms with Crippen LogP contribution in [0.1, 0.15) is 15.9 Å². The maximum Gasteiger partial charge on any atom is 0.264 e. The summed E-state index contributed by atoms with van der Waals surface area (Å²) in [6, 6.07) is 18.8. The number of benzene rings is 3. The number of hydrogen-bond acceptors (Lipinski definition) is 5. The SMILES string of the molecule is Cc1ccc(N(C)S(=O)(=O)c2cccc(C(=O)N(C)c3ccc(S(C)(=O)=O)cc3)c2)cc1. The second kappa shape index (κ2) is 8.76. The van der Waals surface area contributed by atoms with E-state index < -0.39 is 25.8 Å². The first-order chi connectivity index (χ1) is 14.9. The Kier molecular flexibility index (Phi) is 6.43. The van der Waals surface area contributed by atoms with Crippen LogP contribution in [0.4, 0.5) is 11.4 Å². The number of anilines is 2. The minimum Gasteiger partial charge on any atom is -0.311 e. The predicted molar refractivity (Wildman–Crippen MR) is 125 cm³/mol. The van der Waals surface area contributed by atoms with Gasteiger partial charge in [-0.25, -0.2) is 16.8 Å². The van der Waals surface area contributed by atoms with Crippen LogP contribution in [-0.4, -0.2) is 43.1 Å². The van der Waals surface area contributed by atoms with Gasteiger partial charge in [0.2, 0.25) is 0 Å². The molecule has 3 aromatic carbocycles. The zero-order valence-electron chi connectivity index (χ0n) is 18.2. The summed E-state index contributed by atoms with van der Waals surface area (Å²) in [5.74, 6) is -0.424. The van der Waals surface area contributed by atoms with E-state index in [4.69, 9.17) is 0 Å². The van der Waals surface area contributed by atoms with Crippen molar-refractivity contribution >= 4 is 37.1 Å². The third-order valence-corrected chi connectivity index (χ3v) is 8.00. The van der Waals surface area contributed by atoms with Crippen LogP contribution in [0.3, 0.4) is 0 Å². The summed E-state index contributed by atoms with van der Waals surface area (Å²) in [4.78, 5) is 14.5. The van der Waals surface area contributed by atoms with Gasteiger partial charge in [-0.2, -0.15) is 0 Å². The Labute approximate surface area is 188 Å². The summed E-state index contributed by atoms with van der Waals surface area (Å²) in [5.41, 5.74) is 2.20. The Hall–Kier alpha value is -3.17. The topological polar surface area (TPSA) is 91.8 Å². The highest BCUT2D eigenvalue weighted by atomic mass is 32.2. The van der Waals surface area contributed by atoms with Crippen molar-refractivity contribution in [2.75, 3.05) is 29.6 Å². The van der Waals surface area contributed by atoms with Crippen molar-refractivity contribution < 1.29 is 21.6 Å². The maximum absolute atomic E-state index is 13.1. The van der Waals surface area contributed by atoms with Crippen LogP contribution >= 0.6 is 0 Å². The van der Waals surface area contributed by atoms with Gasteiger partial charge in [0.25, 0.3) is 15.9 Å². The number of rotatable bonds is 6. The van der Waals surface area contributed by atoms with Gasteiger partial charge in [-0.3, -0.25) is 9.10 Å². The highest BCUT2D eigenvalue weighted by Crippen LogP contribution is 2.24. The van der Waals surface area contributed by atoms with Gasteiger partial charge in [-0.05, 0) is 61.5 Å². The molecule has 3 rings (SSSR count). The summed E-state index contributed by atoms with van der Waals surface area (Å²) >= 11 is 0. The number of sulfone groups is 1. The van der Waals surface area contributed by atoms with Crippen molar-refractivity contribution in [2.45, 2.75) is 16.7 Å². The summed E-state index contributed by atoms with van der Waals surface area (Å²) in [6.07, 6.45) is 1.11. The molecule has 9 heteroatoms. The largest absolute Gasteiger partial charge is 0.311 e. The Balaban J connectivity index is 1.89. The quantitative estimate of drug-likeness (QED) is 0.548. The van der Waals surface area contributed by atoms with Gasteiger partial charge in [0.15, 0.2) is 9.84 Å². The van der Waals surface area contributed by atoms with E-state index in [9.17, 15) is 21.6 Å². The van der Waals surface area contributed by atoms with Gasteiger partial charge in [0.05, 0.1) is 15.5 Å². The molecule has 0 fully saturated rings. The van der Waals surface area contributed by atoms with Crippen molar-refractivity contribution in [2.24, 2.45) is 0 Å². The molecule has 1 amide bonds. The van der Waals surface area contributed by atoms with Crippen molar-refractivity contribution in [3.8, 4) is 0 Å². The first-order valence-electron chi connectivity index (χ1n) is 9.65. The monoisotopic (exact) mass is 472 g/mol. The minimum absolute atomic E-state index is 0.00718. The van der Waals surface area contributed by atoms with Crippen LogP contribution in [0.25, 0.3) is 0 Å². The number of hydrogen-bond donors (Lipinski definition) is 0. The first kappa shape index (κ1) is 23.5. The standard InChI is InChI=1S/C23H24N2O5S2/c1-17-8-10-20(11-9-17)25(3)32(29,30)22-7-5-6-18(16-22)23(26)24(2)19-12-14-21(15-13-19)31(4,27)28/h5-16H,1-4H3. The molecule has 0 atom stereocenters. The van der Waals surface area contributed by atoms with Crippen LogP contribution in [-0.2, 0) is 19.9 Å². The molecule has 0 saturated carbocycles. The second-order valence-electron chi connectivity index (χ2n) is 7.47. The van der Waals surface area contributed by atoms with Crippen LogP contribution in [0.2, 0.25) is 0 Å². The number of nitrogens with zero attached hydrogens (tertiary/aromatic N) is 2. The highest BCUT2D eigenvalue weighted by molar-refractivity contribution is 7.92. The Morgan fingerprint density at radius 1 is 0.750 bits per heavy atom. The van der Waals surface area contributed by atoms with Crippen LogP contribution in [0.5, 0.6) is 0 Å². The van der Waals surface area contributed by atoms with Crippen LogP contribution < -0.4 is 9.21 Å². The highest BCUT2D eigenvalue weighted by Gasteiger charge is 2.23. The van der Waals surface area contributed by atoms with Crippen molar-refractivity contribution in [1.82, 2.24) is 0 Å². The lowest BCUT2D eigenvalue weighted by Crippen LogP contribution is -2.28. The number of aryl methyl sites for hydroxylation is 1. The fraction of sp³-hybridized carbons (Fsp3) is 0.174. The van der Waals surface area contributed by atoms with E-state index in [1.165, 1.54) is 71.8 Å². The summed E-state index contributed by atoms with van der Waals surface area (Å²) < 4.78 is 50.7. The molecule has 0 aromatic heterocycles. The molecular formula is C23H24N2O5S2. The lowest BCUT2D eigenvalue weighted by molar-refractivity contribution is 0.0993. The summed E-state index contributed by atoms with van der Waals surface area (Å²) in [5, 5.41) is 0. The van der Waals surface area contributed by atoms with Crippen molar-refractivity contribution in [3.05, 3.63) is 83.9 Å². The van der Waals surface area contributed by atoms with Crippen LogP contribution in [0.15, 0.2) is 82.6 Å². The molecular weight excluding hydrogens is 448 g/mol. The Morgan fingerprint density at radius 3 is 1.88 bits per heavy atom. The van der Waals surface area contributed by atoms with E-state index in [0.717, 1.165) is 11.8 Å². The summed E-state index contributed by atoms with van der Waals surface area (Å²) in [7, 11) is -4.22. The predicted octanol–water partition coefficient (Wildman–Crippen LogP) is 3.50. The van der Waals surface area contributed by atoms with Gasteiger partial charge in [-0.15, -0.1) is 0 Å². The molecule has 0 aliphatic heterocycles. The summed E-state index contributed by atoms with van der Waals surface area (Å²) in [6.45, 7) is 1.92. The zero-order valence-corrected chi connectivity index (χ0v) is 19.8. The number of carbonyl (C=O) groups is 1. The number of sulfonamides is 1. The molecule has 0 saturated heterocycles.